The number of thiazole rings is 1. The molecule has 0 N–H and O–H groups in total. The van der Waals surface area contributed by atoms with E-state index in [4.69, 9.17) is 9.72 Å². The number of halogens is 1. The van der Waals surface area contributed by atoms with E-state index in [2.05, 4.69) is 27.8 Å². The van der Waals surface area contributed by atoms with Gasteiger partial charge in [0.15, 0.2) is 0 Å². The molecule has 0 spiro atoms. The number of rotatable bonds is 6. The molecule has 2 aromatic heterocycles. The van der Waals surface area contributed by atoms with Crippen molar-refractivity contribution in [1.29, 1.82) is 0 Å². The predicted octanol–water partition coefficient (Wildman–Crippen LogP) is 5.26. The van der Waals surface area contributed by atoms with Crippen LogP contribution in [0.5, 0.6) is 5.75 Å². The molecular formula is C19H19FN2OS2. The van der Waals surface area contributed by atoms with Gasteiger partial charge in [-0.05, 0) is 55.1 Å². The Hall–Kier alpha value is -1.76. The summed E-state index contributed by atoms with van der Waals surface area (Å²) in [6.07, 6.45) is 2.47. The van der Waals surface area contributed by atoms with Gasteiger partial charge in [-0.25, -0.2) is 9.37 Å². The van der Waals surface area contributed by atoms with Crippen LogP contribution in [0.1, 0.15) is 34.5 Å². The van der Waals surface area contributed by atoms with Gasteiger partial charge in [-0.2, -0.15) is 0 Å². The van der Waals surface area contributed by atoms with Crippen LogP contribution in [0.2, 0.25) is 0 Å². The summed E-state index contributed by atoms with van der Waals surface area (Å²) in [6, 6.07) is 11.0. The molecule has 1 saturated heterocycles. The van der Waals surface area contributed by atoms with E-state index in [1.807, 2.05) is 11.3 Å². The van der Waals surface area contributed by atoms with Crippen LogP contribution in [0.25, 0.3) is 0 Å². The molecule has 1 atom stereocenters. The van der Waals surface area contributed by atoms with Crippen LogP contribution in [0.4, 0.5) is 4.39 Å². The Balaban J connectivity index is 1.35. The molecule has 4 rings (SSSR count). The van der Waals surface area contributed by atoms with Crippen molar-refractivity contribution >= 4 is 22.7 Å². The van der Waals surface area contributed by atoms with Gasteiger partial charge in [-0.3, -0.25) is 4.90 Å². The summed E-state index contributed by atoms with van der Waals surface area (Å²) < 4.78 is 18.6. The number of nitrogens with zero attached hydrogens (tertiary/aromatic N) is 2. The topological polar surface area (TPSA) is 25.4 Å². The van der Waals surface area contributed by atoms with Gasteiger partial charge in [-0.15, -0.1) is 22.7 Å². The van der Waals surface area contributed by atoms with Crippen LogP contribution < -0.4 is 4.74 Å². The average Bonchev–Trinajstić information content (AvgIpc) is 3.36. The number of benzene rings is 1. The van der Waals surface area contributed by atoms with Crippen molar-refractivity contribution < 1.29 is 9.13 Å². The maximum absolute atomic E-state index is 12.9. The summed E-state index contributed by atoms with van der Waals surface area (Å²) in [5.74, 6) is 0.408. The van der Waals surface area contributed by atoms with E-state index in [-0.39, 0.29) is 5.82 Å². The predicted molar refractivity (Wildman–Crippen MR) is 99.6 cm³/mol. The van der Waals surface area contributed by atoms with Gasteiger partial charge in [0.2, 0.25) is 0 Å². The second kappa shape index (κ2) is 7.64. The highest BCUT2D eigenvalue weighted by atomic mass is 32.1. The van der Waals surface area contributed by atoms with Gasteiger partial charge in [0, 0.05) is 22.8 Å². The molecule has 0 aliphatic carbocycles. The fourth-order valence-electron chi connectivity index (χ4n) is 3.19. The first-order chi connectivity index (χ1) is 12.3. The Morgan fingerprint density at radius 3 is 2.88 bits per heavy atom. The Labute approximate surface area is 154 Å². The normalized spacial score (nSPS) is 17.9. The zero-order valence-corrected chi connectivity index (χ0v) is 15.4. The van der Waals surface area contributed by atoms with Crippen molar-refractivity contribution in [1.82, 2.24) is 9.88 Å². The Kier molecular flexibility index (Phi) is 5.10. The first kappa shape index (κ1) is 16.7. The third-order valence-electron chi connectivity index (χ3n) is 4.38. The molecule has 0 saturated carbocycles. The Morgan fingerprint density at radius 2 is 2.08 bits per heavy atom. The van der Waals surface area contributed by atoms with Gasteiger partial charge in [-0.1, -0.05) is 6.07 Å². The zero-order chi connectivity index (χ0) is 17.1. The average molecular weight is 375 g/mol. The molecule has 6 heteroatoms. The summed E-state index contributed by atoms with van der Waals surface area (Å²) in [6.45, 7) is 2.43. The number of hydrogen-bond acceptors (Lipinski definition) is 5. The van der Waals surface area contributed by atoms with Crippen molar-refractivity contribution in [3.05, 3.63) is 68.6 Å². The van der Waals surface area contributed by atoms with Crippen molar-refractivity contribution in [2.24, 2.45) is 0 Å². The molecule has 0 bridgehead atoms. The Morgan fingerprint density at radius 1 is 1.20 bits per heavy atom. The summed E-state index contributed by atoms with van der Waals surface area (Å²) >= 11 is 3.46. The van der Waals surface area contributed by atoms with E-state index in [9.17, 15) is 4.39 Å². The minimum Gasteiger partial charge on any atom is -0.486 e. The van der Waals surface area contributed by atoms with Gasteiger partial charge in [0.25, 0.3) is 0 Å². The summed E-state index contributed by atoms with van der Waals surface area (Å²) in [5.41, 5.74) is 1.10. The highest BCUT2D eigenvalue weighted by molar-refractivity contribution is 7.10. The first-order valence-corrected chi connectivity index (χ1v) is 10.1. The van der Waals surface area contributed by atoms with Gasteiger partial charge in [0.05, 0.1) is 5.69 Å². The number of ether oxygens (including phenoxy) is 1. The molecule has 1 unspecified atom stereocenters. The number of hydrogen-bond donors (Lipinski definition) is 0. The number of aromatic nitrogens is 1. The van der Waals surface area contributed by atoms with Crippen LogP contribution in [-0.2, 0) is 13.2 Å². The molecule has 0 radical (unpaired) electrons. The van der Waals surface area contributed by atoms with Gasteiger partial charge in [0.1, 0.15) is 23.2 Å². The second-order valence-corrected chi connectivity index (χ2v) is 8.04. The lowest BCUT2D eigenvalue weighted by Gasteiger charge is -2.22. The smallest absolute Gasteiger partial charge is 0.140 e. The van der Waals surface area contributed by atoms with E-state index in [1.54, 1.807) is 23.5 Å². The van der Waals surface area contributed by atoms with Crippen molar-refractivity contribution in [3.8, 4) is 5.75 Å². The third-order valence-corrected chi connectivity index (χ3v) is 6.22. The fraction of sp³-hybridized carbons (Fsp3) is 0.316. The summed E-state index contributed by atoms with van der Waals surface area (Å²) in [5, 5.41) is 5.22. The monoisotopic (exact) mass is 374 g/mol. The quantitative estimate of drug-likeness (QED) is 0.588. The van der Waals surface area contributed by atoms with Crippen LogP contribution in [0.15, 0.2) is 47.2 Å². The second-order valence-electron chi connectivity index (χ2n) is 6.12. The largest absolute Gasteiger partial charge is 0.486 e. The molecule has 0 amide bonds. The fourth-order valence-corrected chi connectivity index (χ4v) is 4.78. The minimum absolute atomic E-state index is 0.255. The highest BCUT2D eigenvalue weighted by Gasteiger charge is 2.27. The minimum atomic E-state index is -0.255. The number of thiophene rings is 1. The molecular weight excluding hydrogens is 355 g/mol. The molecule has 1 aromatic carbocycles. The molecule has 25 heavy (non-hydrogen) atoms. The molecule has 130 valence electrons. The highest BCUT2D eigenvalue weighted by Crippen LogP contribution is 2.35. The van der Waals surface area contributed by atoms with Gasteiger partial charge < -0.3 is 4.74 Å². The van der Waals surface area contributed by atoms with E-state index in [0.717, 1.165) is 23.8 Å². The van der Waals surface area contributed by atoms with Crippen molar-refractivity contribution in [2.75, 3.05) is 6.54 Å². The van der Waals surface area contributed by atoms with Gasteiger partial charge >= 0.3 is 0 Å². The number of likely N-dealkylation sites (tertiary alicyclic amines) is 1. The van der Waals surface area contributed by atoms with Crippen LogP contribution >= 0.6 is 22.7 Å². The maximum Gasteiger partial charge on any atom is 0.140 e. The van der Waals surface area contributed by atoms with Crippen molar-refractivity contribution in [3.63, 3.8) is 0 Å². The molecule has 1 fully saturated rings. The van der Waals surface area contributed by atoms with Crippen molar-refractivity contribution in [2.45, 2.75) is 32.0 Å². The zero-order valence-electron chi connectivity index (χ0n) is 13.7. The van der Waals surface area contributed by atoms with Crippen LogP contribution in [-0.4, -0.2) is 16.4 Å². The molecule has 3 heterocycles. The Bertz CT molecular complexity index is 801. The van der Waals surface area contributed by atoms with E-state index in [1.165, 1.54) is 29.9 Å². The molecule has 3 aromatic rings. The lowest BCUT2D eigenvalue weighted by atomic mass is 10.2. The van der Waals surface area contributed by atoms with Crippen LogP contribution in [0, 0.1) is 5.82 Å². The SMILES string of the molecule is Fc1ccc(OCc2nc(CN3CCCC3c3cccs3)cs2)cc1. The van der Waals surface area contributed by atoms with E-state index < -0.39 is 0 Å². The lowest BCUT2D eigenvalue weighted by molar-refractivity contribution is 0.248. The summed E-state index contributed by atoms with van der Waals surface area (Å²) in [4.78, 5) is 8.67. The van der Waals surface area contributed by atoms with Crippen LogP contribution in [0.3, 0.4) is 0 Å². The molecule has 3 nitrogen and oxygen atoms in total. The standard InChI is InChI=1S/C19H19FN2OS2/c20-14-5-7-16(8-6-14)23-12-19-21-15(13-25-19)11-22-9-1-3-17(22)18-4-2-10-24-18/h2,4-8,10,13,17H,1,3,9,11-12H2. The maximum atomic E-state index is 12.9. The lowest BCUT2D eigenvalue weighted by Crippen LogP contribution is -2.22. The molecule has 1 aliphatic heterocycles. The molecule has 1 aliphatic rings. The van der Waals surface area contributed by atoms with E-state index in [0.29, 0.717) is 18.4 Å². The third kappa shape index (κ3) is 4.08. The first-order valence-electron chi connectivity index (χ1n) is 8.37. The summed E-state index contributed by atoms with van der Waals surface area (Å²) in [7, 11) is 0. The van der Waals surface area contributed by atoms with E-state index >= 15 is 0 Å².